The topological polar surface area (TPSA) is 78.4 Å². The lowest BCUT2D eigenvalue weighted by Gasteiger charge is -2.32. The molecule has 7 nitrogen and oxygen atoms in total. The van der Waals surface area contributed by atoms with Crippen molar-refractivity contribution in [1.29, 1.82) is 0 Å². The molecule has 2 amide bonds. The Hall–Kier alpha value is -2.18. The number of amides is 2. The van der Waals surface area contributed by atoms with Crippen molar-refractivity contribution in [2.45, 2.75) is 20.3 Å². The van der Waals surface area contributed by atoms with Crippen LogP contribution in [0.5, 0.6) is 0 Å². The number of carbonyl (C=O) groups is 2. The summed E-state index contributed by atoms with van der Waals surface area (Å²) < 4.78 is 0. The molecule has 0 bridgehead atoms. The molecule has 0 atom stereocenters. The van der Waals surface area contributed by atoms with Crippen molar-refractivity contribution in [2.75, 3.05) is 38.0 Å². The SMILES string of the molecule is CC(C)CCNc1cc(C(=O)N2CCN(C=O)CC2)ncn1. The van der Waals surface area contributed by atoms with Crippen molar-refractivity contribution in [3.8, 4) is 0 Å². The van der Waals surface area contributed by atoms with E-state index in [0.29, 0.717) is 43.6 Å². The number of nitrogens with zero attached hydrogens (tertiary/aromatic N) is 4. The van der Waals surface area contributed by atoms with Crippen LogP contribution in [0, 0.1) is 5.92 Å². The summed E-state index contributed by atoms with van der Waals surface area (Å²) in [7, 11) is 0. The van der Waals surface area contributed by atoms with Gasteiger partial charge in [0.25, 0.3) is 5.91 Å². The van der Waals surface area contributed by atoms with E-state index in [-0.39, 0.29) is 5.91 Å². The molecule has 1 aromatic heterocycles. The van der Waals surface area contributed by atoms with E-state index in [4.69, 9.17) is 0 Å². The third-order valence-electron chi connectivity index (χ3n) is 3.66. The van der Waals surface area contributed by atoms with Crippen molar-refractivity contribution in [2.24, 2.45) is 5.92 Å². The molecular formula is C15H23N5O2. The van der Waals surface area contributed by atoms with Crippen LogP contribution in [0.4, 0.5) is 5.82 Å². The van der Waals surface area contributed by atoms with Gasteiger partial charge in [0.05, 0.1) is 0 Å². The molecule has 120 valence electrons. The molecule has 2 rings (SSSR count). The molecule has 1 aliphatic rings. The molecule has 1 aromatic rings. The molecule has 22 heavy (non-hydrogen) atoms. The molecule has 0 unspecified atom stereocenters. The standard InChI is InChI=1S/C15H23N5O2/c1-12(2)3-4-16-14-9-13(17-10-18-14)15(22)20-7-5-19(11-21)6-8-20/h9-12H,3-8H2,1-2H3,(H,16,17,18). The third kappa shape index (κ3) is 4.41. The number of nitrogens with one attached hydrogen (secondary N) is 1. The Kier molecular flexibility index (Phi) is 5.68. The Morgan fingerprint density at radius 1 is 1.32 bits per heavy atom. The summed E-state index contributed by atoms with van der Waals surface area (Å²) in [4.78, 5) is 34.7. The van der Waals surface area contributed by atoms with Crippen LogP contribution in [-0.4, -0.2) is 64.8 Å². The third-order valence-corrected chi connectivity index (χ3v) is 3.66. The Morgan fingerprint density at radius 3 is 2.68 bits per heavy atom. The minimum atomic E-state index is -0.111. The van der Waals surface area contributed by atoms with E-state index < -0.39 is 0 Å². The van der Waals surface area contributed by atoms with Crippen LogP contribution in [0.1, 0.15) is 30.8 Å². The largest absolute Gasteiger partial charge is 0.370 e. The minimum absolute atomic E-state index is 0.111. The average molecular weight is 305 g/mol. The molecular weight excluding hydrogens is 282 g/mol. The van der Waals surface area contributed by atoms with Gasteiger partial charge in [-0.2, -0.15) is 0 Å². The van der Waals surface area contributed by atoms with Gasteiger partial charge in [0.15, 0.2) is 0 Å². The molecule has 0 aliphatic carbocycles. The smallest absolute Gasteiger partial charge is 0.272 e. The highest BCUT2D eigenvalue weighted by molar-refractivity contribution is 5.93. The maximum atomic E-state index is 12.4. The molecule has 0 radical (unpaired) electrons. The monoisotopic (exact) mass is 305 g/mol. The van der Waals surface area contributed by atoms with E-state index in [2.05, 4.69) is 29.1 Å². The molecule has 0 spiro atoms. The summed E-state index contributed by atoms with van der Waals surface area (Å²) in [5, 5.41) is 3.21. The Morgan fingerprint density at radius 2 is 2.05 bits per heavy atom. The van der Waals surface area contributed by atoms with Crippen LogP contribution >= 0.6 is 0 Å². The maximum absolute atomic E-state index is 12.4. The zero-order chi connectivity index (χ0) is 15.9. The van der Waals surface area contributed by atoms with Crippen LogP contribution in [-0.2, 0) is 4.79 Å². The van der Waals surface area contributed by atoms with Gasteiger partial charge in [-0.3, -0.25) is 9.59 Å². The minimum Gasteiger partial charge on any atom is -0.370 e. The fraction of sp³-hybridized carbons (Fsp3) is 0.600. The van der Waals surface area contributed by atoms with Gasteiger partial charge >= 0.3 is 0 Å². The summed E-state index contributed by atoms with van der Waals surface area (Å²) in [6.45, 7) is 7.36. The van der Waals surface area contributed by atoms with Crippen LogP contribution in [0.2, 0.25) is 0 Å². The number of carbonyl (C=O) groups excluding carboxylic acids is 2. The first-order valence-electron chi connectivity index (χ1n) is 7.64. The number of anilines is 1. The predicted molar refractivity (Wildman–Crippen MR) is 83.5 cm³/mol. The number of piperazine rings is 1. The Bertz CT molecular complexity index is 512. The number of aromatic nitrogens is 2. The molecule has 1 saturated heterocycles. The van der Waals surface area contributed by atoms with Crippen molar-refractivity contribution in [3.63, 3.8) is 0 Å². The Labute approximate surface area is 130 Å². The second-order valence-corrected chi connectivity index (χ2v) is 5.83. The first-order valence-corrected chi connectivity index (χ1v) is 7.64. The van der Waals surface area contributed by atoms with Gasteiger partial charge in [-0.05, 0) is 12.3 Å². The van der Waals surface area contributed by atoms with Gasteiger partial charge in [0.2, 0.25) is 6.41 Å². The van der Waals surface area contributed by atoms with E-state index >= 15 is 0 Å². The van der Waals surface area contributed by atoms with Gasteiger partial charge in [-0.1, -0.05) is 13.8 Å². The highest BCUT2D eigenvalue weighted by Crippen LogP contribution is 2.10. The zero-order valence-corrected chi connectivity index (χ0v) is 13.2. The van der Waals surface area contributed by atoms with Gasteiger partial charge in [0, 0.05) is 38.8 Å². The van der Waals surface area contributed by atoms with E-state index in [1.54, 1.807) is 15.9 Å². The first kappa shape index (κ1) is 16.2. The summed E-state index contributed by atoms with van der Waals surface area (Å²) in [5.74, 6) is 1.18. The molecule has 7 heteroatoms. The first-order chi connectivity index (χ1) is 10.6. The number of hydrogen-bond acceptors (Lipinski definition) is 5. The zero-order valence-electron chi connectivity index (χ0n) is 13.2. The summed E-state index contributed by atoms with van der Waals surface area (Å²) in [6, 6.07) is 1.69. The molecule has 1 aliphatic heterocycles. The molecule has 0 aromatic carbocycles. The highest BCUT2D eigenvalue weighted by atomic mass is 16.2. The lowest BCUT2D eigenvalue weighted by Crippen LogP contribution is -2.48. The van der Waals surface area contributed by atoms with Gasteiger partial charge in [-0.15, -0.1) is 0 Å². The van der Waals surface area contributed by atoms with Crippen LogP contribution in [0.3, 0.4) is 0 Å². The maximum Gasteiger partial charge on any atom is 0.272 e. The molecule has 1 N–H and O–H groups in total. The van der Waals surface area contributed by atoms with Crippen LogP contribution < -0.4 is 5.32 Å². The average Bonchev–Trinajstić information content (AvgIpc) is 2.54. The predicted octanol–water partition coefficient (Wildman–Crippen LogP) is 0.849. The second-order valence-electron chi connectivity index (χ2n) is 5.83. The summed E-state index contributed by atoms with van der Waals surface area (Å²) in [5.41, 5.74) is 0.390. The van der Waals surface area contributed by atoms with Gasteiger partial charge in [-0.25, -0.2) is 9.97 Å². The van der Waals surface area contributed by atoms with Crippen molar-refractivity contribution >= 4 is 18.1 Å². The molecule has 2 heterocycles. The fourth-order valence-electron chi connectivity index (χ4n) is 2.25. The highest BCUT2D eigenvalue weighted by Gasteiger charge is 2.22. The van der Waals surface area contributed by atoms with E-state index in [0.717, 1.165) is 19.4 Å². The lowest BCUT2D eigenvalue weighted by atomic mass is 10.1. The number of hydrogen-bond donors (Lipinski definition) is 1. The Balaban J connectivity index is 1.94. The van der Waals surface area contributed by atoms with Gasteiger partial charge in [0.1, 0.15) is 17.8 Å². The molecule has 0 saturated carbocycles. The van der Waals surface area contributed by atoms with E-state index in [1.165, 1.54) is 6.33 Å². The number of rotatable bonds is 6. The van der Waals surface area contributed by atoms with Crippen molar-refractivity contribution in [3.05, 3.63) is 18.1 Å². The van der Waals surface area contributed by atoms with Crippen molar-refractivity contribution in [1.82, 2.24) is 19.8 Å². The van der Waals surface area contributed by atoms with Crippen LogP contribution in [0.25, 0.3) is 0 Å². The van der Waals surface area contributed by atoms with E-state index in [9.17, 15) is 9.59 Å². The molecule has 1 fully saturated rings. The van der Waals surface area contributed by atoms with E-state index in [1.807, 2.05) is 0 Å². The van der Waals surface area contributed by atoms with Crippen LogP contribution in [0.15, 0.2) is 12.4 Å². The normalized spacial score (nSPS) is 15.0. The van der Waals surface area contributed by atoms with Gasteiger partial charge < -0.3 is 15.1 Å². The fourth-order valence-corrected chi connectivity index (χ4v) is 2.25. The van der Waals surface area contributed by atoms with Crippen molar-refractivity contribution < 1.29 is 9.59 Å². The summed E-state index contributed by atoms with van der Waals surface area (Å²) in [6.07, 6.45) is 3.27. The lowest BCUT2D eigenvalue weighted by molar-refractivity contribution is -0.119. The quantitative estimate of drug-likeness (QED) is 0.788. The summed E-state index contributed by atoms with van der Waals surface area (Å²) >= 11 is 0. The second kappa shape index (κ2) is 7.72.